The average molecular weight is 344 g/mol. The van der Waals surface area contributed by atoms with Gasteiger partial charge in [-0.2, -0.15) is 0 Å². The number of piperidine rings is 1. The maximum absolute atomic E-state index is 12.6. The summed E-state index contributed by atoms with van der Waals surface area (Å²) in [4.78, 5) is 25.0. The second-order valence-corrected chi connectivity index (χ2v) is 7.46. The third kappa shape index (κ3) is 3.93. The van der Waals surface area contributed by atoms with Crippen LogP contribution in [0.2, 0.25) is 0 Å². The van der Waals surface area contributed by atoms with Crippen LogP contribution < -0.4 is 10.2 Å². The second kappa shape index (κ2) is 7.30. The van der Waals surface area contributed by atoms with Crippen molar-refractivity contribution in [2.75, 3.05) is 18.0 Å². The summed E-state index contributed by atoms with van der Waals surface area (Å²) in [7, 11) is 0. The first-order chi connectivity index (χ1) is 11.5. The Balaban J connectivity index is 1.65. The Bertz CT molecular complexity index is 681. The summed E-state index contributed by atoms with van der Waals surface area (Å²) in [5, 5.41) is 5.19. The number of nitrogens with zero attached hydrogens (tertiary/aromatic N) is 3. The van der Waals surface area contributed by atoms with Crippen molar-refractivity contribution in [1.29, 1.82) is 0 Å². The molecule has 0 radical (unpaired) electrons. The summed E-state index contributed by atoms with van der Waals surface area (Å²) in [6.45, 7) is 7.60. The maximum Gasteiger partial charge on any atom is 0.225 e. The molecule has 1 saturated heterocycles. The number of nitrogens with one attached hydrogen (secondary N) is 1. The van der Waals surface area contributed by atoms with Gasteiger partial charge in [-0.25, -0.2) is 9.97 Å². The zero-order chi connectivity index (χ0) is 17.1. The number of aromatic nitrogens is 2. The van der Waals surface area contributed by atoms with E-state index in [4.69, 9.17) is 0 Å². The van der Waals surface area contributed by atoms with Gasteiger partial charge in [0.2, 0.25) is 11.9 Å². The minimum Gasteiger partial charge on any atom is -0.348 e. The molecule has 0 aromatic carbocycles. The molecule has 2 unspecified atom stereocenters. The van der Waals surface area contributed by atoms with Gasteiger partial charge in [-0.15, -0.1) is 11.3 Å². The summed E-state index contributed by atoms with van der Waals surface area (Å²) in [6.07, 6.45) is 1.91. The van der Waals surface area contributed by atoms with Gasteiger partial charge >= 0.3 is 0 Å². The Morgan fingerprint density at radius 1 is 1.38 bits per heavy atom. The number of aryl methyl sites for hydroxylation is 2. The third-order valence-corrected chi connectivity index (χ3v) is 5.43. The predicted molar refractivity (Wildman–Crippen MR) is 97.3 cm³/mol. The third-order valence-electron chi connectivity index (χ3n) is 4.37. The molecule has 2 atom stereocenters. The highest BCUT2D eigenvalue weighted by molar-refractivity contribution is 7.10. The molecule has 0 bridgehead atoms. The standard InChI is InChI=1S/C18H24N4OS/c1-12-10-13(2)20-18(19-12)22-8-4-6-15(11-22)17(23)21-14(3)16-7-5-9-24-16/h5,7,9-10,14-15H,4,6,8,11H2,1-3H3,(H,21,23). The van der Waals surface area contributed by atoms with Crippen molar-refractivity contribution in [2.45, 2.75) is 39.7 Å². The summed E-state index contributed by atoms with van der Waals surface area (Å²) < 4.78 is 0. The van der Waals surface area contributed by atoms with Crippen LogP contribution in [0.15, 0.2) is 23.6 Å². The Kier molecular flexibility index (Phi) is 5.14. The first-order valence-electron chi connectivity index (χ1n) is 8.44. The number of hydrogen-bond acceptors (Lipinski definition) is 5. The van der Waals surface area contributed by atoms with E-state index in [-0.39, 0.29) is 17.9 Å². The fourth-order valence-corrected chi connectivity index (χ4v) is 3.90. The minimum atomic E-state index is -0.00872. The maximum atomic E-state index is 12.6. The number of anilines is 1. The minimum absolute atomic E-state index is 0.00872. The van der Waals surface area contributed by atoms with Gasteiger partial charge < -0.3 is 10.2 Å². The van der Waals surface area contributed by atoms with Gasteiger partial charge in [0.25, 0.3) is 0 Å². The molecule has 1 amide bonds. The summed E-state index contributed by atoms with van der Waals surface area (Å²) in [6, 6.07) is 6.11. The first-order valence-corrected chi connectivity index (χ1v) is 9.32. The molecule has 24 heavy (non-hydrogen) atoms. The molecule has 1 N–H and O–H groups in total. The Morgan fingerprint density at radius 3 is 2.79 bits per heavy atom. The van der Waals surface area contributed by atoms with Crippen LogP contribution in [0.4, 0.5) is 5.95 Å². The van der Waals surface area contributed by atoms with E-state index in [9.17, 15) is 4.79 Å². The lowest BCUT2D eigenvalue weighted by Crippen LogP contribution is -2.44. The van der Waals surface area contributed by atoms with Crippen LogP contribution in [-0.2, 0) is 4.79 Å². The van der Waals surface area contributed by atoms with E-state index in [0.29, 0.717) is 6.54 Å². The summed E-state index contributed by atoms with van der Waals surface area (Å²) >= 11 is 1.68. The molecule has 5 nitrogen and oxygen atoms in total. The van der Waals surface area contributed by atoms with Crippen molar-refractivity contribution in [3.8, 4) is 0 Å². The number of rotatable bonds is 4. The fraction of sp³-hybridized carbons (Fsp3) is 0.500. The van der Waals surface area contributed by atoms with E-state index in [1.54, 1.807) is 11.3 Å². The monoisotopic (exact) mass is 344 g/mol. The van der Waals surface area contributed by atoms with Crippen LogP contribution in [0.25, 0.3) is 0 Å². The molecule has 3 heterocycles. The van der Waals surface area contributed by atoms with Crippen molar-refractivity contribution >= 4 is 23.2 Å². The molecule has 1 fully saturated rings. The van der Waals surface area contributed by atoms with Gasteiger partial charge in [0.05, 0.1) is 12.0 Å². The zero-order valence-electron chi connectivity index (χ0n) is 14.5. The number of carbonyl (C=O) groups excluding carboxylic acids is 1. The van der Waals surface area contributed by atoms with Gasteiger partial charge in [0, 0.05) is 29.4 Å². The predicted octanol–water partition coefficient (Wildman–Crippen LogP) is 3.25. The van der Waals surface area contributed by atoms with Crippen molar-refractivity contribution < 1.29 is 4.79 Å². The molecule has 128 valence electrons. The average Bonchev–Trinajstić information content (AvgIpc) is 3.08. The molecule has 2 aromatic rings. The van der Waals surface area contributed by atoms with Gasteiger partial charge in [-0.05, 0) is 51.1 Å². The number of thiophene rings is 1. The topological polar surface area (TPSA) is 58.1 Å². The van der Waals surface area contributed by atoms with Crippen molar-refractivity contribution in [3.63, 3.8) is 0 Å². The van der Waals surface area contributed by atoms with E-state index < -0.39 is 0 Å². The molecule has 2 aromatic heterocycles. The lowest BCUT2D eigenvalue weighted by molar-refractivity contribution is -0.125. The first kappa shape index (κ1) is 16.9. The largest absolute Gasteiger partial charge is 0.348 e. The SMILES string of the molecule is Cc1cc(C)nc(N2CCCC(C(=O)NC(C)c3cccs3)C2)n1. The Hall–Kier alpha value is -1.95. The lowest BCUT2D eigenvalue weighted by Gasteiger charge is -2.32. The van der Waals surface area contributed by atoms with Gasteiger partial charge in [0.1, 0.15) is 0 Å². The van der Waals surface area contributed by atoms with E-state index in [1.165, 1.54) is 4.88 Å². The quantitative estimate of drug-likeness (QED) is 0.925. The van der Waals surface area contributed by atoms with E-state index >= 15 is 0 Å². The molecule has 0 spiro atoms. The zero-order valence-corrected chi connectivity index (χ0v) is 15.3. The van der Waals surface area contributed by atoms with E-state index in [0.717, 1.165) is 36.7 Å². The highest BCUT2D eigenvalue weighted by Crippen LogP contribution is 2.23. The highest BCUT2D eigenvalue weighted by atomic mass is 32.1. The number of carbonyl (C=O) groups is 1. The second-order valence-electron chi connectivity index (χ2n) is 6.48. The van der Waals surface area contributed by atoms with E-state index in [1.807, 2.05) is 38.3 Å². The van der Waals surface area contributed by atoms with E-state index in [2.05, 4.69) is 26.3 Å². The van der Waals surface area contributed by atoms with Crippen LogP contribution in [0.5, 0.6) is 0 Å². The molecule has 3 rings (SSSR count). The van der Waals surface area contributed by atoms with Crippen LogP contribution in [0, 0.1) is 19.8 Å². The van der Waals surface area contributed by atoms with Crippen molar-refractivity contribution in [3.05, 3.63) is 39.8 Å². The smallest absolute Gasteiger partial charge is 0.225 e. The van der Waals surface area contributed by atoms with Gasteiger partial charge in [-0.3, -0.25) is 4.79 Å². The molecule has 6 heteroatoms. The van der Waals surface area contributed by atoms with Crippen LogP contribution >= 0.6 is 11.3 Å². The molecule has 1 aliphatic heterocycles. The molecule has 1 aliphatic rings. The van der Waals surface area contributed by atoms with Crippen molar-refractivity contribution in [2.24, 2.45) is 5.92 Å². The van der Waals surface area contributed by atoms with Crippen molar-refractivity contribution in [1.82, 2.24) is 15.3 Å². The van der Waals surface area contributed by atoms with Gasteiger partial charge in [0.15, 0.2) is 0 Å². The highest BCUT2D eigenvalue weighted by Gasteiger charge is 2.28. The molecule has 0 saturated carbocycles. The normalized spacial score (nSPS) is 19.1. The number of amides is 1. The molecular weight excluding hydrogens is 320 g/mol. The Morgan fingerprint density at radius 2 is 2.12 bits per heavy atom. The Labute approximate surface area is 147 Å². The number of hydrogen-bond donors (Lipinski definition) is 1. The summed E-state index contributed by atoms with van der Waals surface area (Å²) in [5.74, 6) is 0.867. The lowest BCUT2D eigenvalue weighted by atomic mass is 9.97. The summed E-state index contributed by atoms with van der Waals surface area (Å²) in [5.41, 5.74) is 1.94. The molecular formula is C18H24N4OS. The van der Waals surface area contributed by atoms with Crippen LogP contribution in [0.3, 0.4) is 0 Å². The fourth-order valence-electron chi connectivity index (χ4n) is 3.16. The van der Waals surface area contributed by atoms with Gasteiger partial charge in [-0.1, -0.05) is 6.07 Å². The van der Waals surface area contributed by atoms with Crippen LogP contribution in [0.1, 0.15) is 42.1 Å². The molecule has 0 aliphatic carbocycles. The van der Waals surface area contributed by atoms with Crippen LogP contribution in [-0.4, -0.2) is 29.0 Å².